The quantitative estimate of drug-likeness (QED) is 0.388. The molecule has 1 unspecified atom stereocenters. The molecule has 2 fully saturated rings. The van der Waals surface area contributed by atoms with Crippen LogP contribution >= 0.6 is 0 Å². The van der Waals surface area contributed by atoms with Crippen LogP contribution < -0.4 is 4.90 Å². The molecule has 1 atom stereocenters. The van der Waals surface area contributed by atoms with Crippen molar-refractivity contribution in [2.75, 3.05) is 30.9 Å². The molecule has 2 aromatic rings. The topological polar surface area (TPSA) is 43.5 Å². The maximum atomic E-state index is 16.0. The summed E-state index contributed by atoms with van der Waals surface area (Å²) in [6.45, 7) is -10.9. The summed E-state index contributed by atoms with van der Waals surface area (Å²) in [5.74, 6) is -9.97. The van der Waals surface area contributed by atoms with Gasteiger partial charge in [-0.25, -0.2) is 22.5 Å². The average molecular weight is 523 g/mol. The van der Waals surface area contributed by atoms with Gasteiger partial charge in [0.1, 0.15) is 29.9 Å². The van der Waals surface area contributed by atoms with Gasteiger partial charge in [-0.1, -0.05) is 19.1 Å². The average Bonchev–Trinajstić information content (AvgIpc) is 3.14. The molecule has 2 saturated heterocycles. The van der Waals surface area contributed by atoms with Gasteiger partial charge in [0.05, 0.1) is 0 Å². The lowest BCUT2D eigenvalue weighted by Gasteiger charge is -2.21. The van der Waals surface area contributed by atoms with Crippen LogP contribution in [0.3, 0.4) is 0 Å². The monoisotopic (exact) mass is 522 g/mol. The molecular formula is C30H30F3N2O2+. The zero-order chi connectivity index (χ0) is 39.7. The Labute approximate surface area is 235 Å². The van der Waals surface area contributed by atoms with E-state index in [1.54, 1.807) is 0 Å². The number of halogens is 3. The fourth-order valence-electron chi connectivity index (χ4n) is 4.04. The molecule has 1 aliphatic carbocycles. The number of carboxylic acids is 1. The number of hydrogen-bond donors (Lipinski definition) is 1. The minimum atomic E-state index is -3.39. The molecule has 192 valence electrons. The van der Waals surface area contributed by atoms with Crippen LogP contribution in [0.5, 0.6) is 0 Å². The fraction of sp³-hybridized carbons (Fsp3) is 0.333. The van der Waals surface area contributed by atoms with Crippen molar-refractivity contribution in [3.63, 3.8) is 0 Å². The third-order valence-electron chi connectivity index (χ3n) is 5.87. The van der Waals surface area contributed by atoms with Gasteiger partial charge in [0, 0.05) is 75.4 Å². The summed E-state index contributed by atoms with van der Waals surface area (Å²) >= 11 is 0. The molecule has 2 aliphatic heterocycles. The third kappa shape index (κ3) is 4.63. The van der Waals surface area contributed by atoms with Crippen molar-refractivity contribution in [2.24, 2.45) is 5.89 Å². The van der Waals surface area contributed by atoms with E-state index in [1.807, 2.05) is 0 Å². The summed E-state index contributed by atoms with van der Waals surface area (Å²) in [6, 6.07) is 4.31. The van der Waals surface area contributed by atoms with Gasteiger partial charge in [-0.3, -0.25) is 0 Å². The van der Waals surface area contributed by atoms with E-state index in [4.69, 9.17) is 20.6 Å². The molecule has 4 nitrogen and oxygen atoms in total. The highest BCUT2D eigenvalue weighted by molar-refractivity contribution is 6.05. The maximum absolute atomic E-state index is 16.0. The van der Waals surface area contributed by atoms with Gasteiger partial charge in [0.25, 0.3) is 0 Å². The summed E-state index contributed by atoms with van der Waals surface area (Å²) in [5.41, 5.74) is -4.87. The minimum absolute atomic E-state index is 0.167. The van der Waals surface area contributed by atoms with Gasteiger partial charge in [-0.2, -0.15) is 0 Å². The van der Waals surface area contributed by atoms with Gasteiger partial charge in [-0.15, -0.1) is 0 Å². The number of hydrogen-bond acceptors (Lipinski definition) is 2. The van der Waals surface area contributed by atoms with E-state index in [2.05, 4.69) is 0 Å². The van der Waals surface area contributed by atoms with Gasteiger partial charge in [0.2, 0.25) is 0 Å². The van der Waals surface area contributed by atoms with E-state index in [-0.39, 0.29) is 21.4 Å². The van der Waals surface area contributed by atoms with Crippen LogP contribution in [0.4, 0.5) is 18.9 Å². The molecule has 7 heteroatoms. The van der Waals surface area contributed by atoms with Crippen LogP contribution in [0, 0.1) is 30.3 Å². The summed E-state index contributed by atoms with van der Waals surface area (Å²) in [7, 11) is 0. The number of anilines is 1. The van der Waals surface area contributed by atoms with Crippen molar-refractivity contribution < 1.29 is 48.2 Å². The van der Waals surface area contributed by atoms with E-state index in [9.17, 15) is 14.3 Å². The van der Waals surface area contributed by atoms with Crippen LogP contribution in [-0.2, 0) is 0 Å². The first-order chi connectivity index (χ1) is 23.4. The summed E-state index contributed by atoms with van der Waals surface area (Å²) in [6.07, 6.45) is -5.73. The molecule has 0 spiro atoms. The molecule has 0 aromatic heterocycles. The summed E-state index contributed by atoms with van der Waals surface area (Å²) in [5, 5.41) is 9.94. The molecule has 1 N–H and O–H groups in total. The molecule has 0 saturated carbocycles. The summed E-state index contributed by atoms with van der Waals surface area (Å²) in [4.78, 5) is 12.7. The molecule has 5 rings (SSSR count). The van der Waals surface area contributed by atoms with Gasteiger partial charge in [-0.05, 0) is 54.6 Å². The Morgan fingerprint density at radius 3 is 2.24 bits per heavy atom. The van der Waals surface area contributed by atoms with E-state index in [0.717, 1.165) is 62.4 Å². The number of allylic oxidation sites excluding steroid dienone is 5. The second kappa shape index (κ2) is 10.0. The van der Waals surface area contributed by atoms with Gasteiger partial charge in [0.15, 0.2) is 17.3 Å². The van der Waals surface area contributed by atoms with Crippen molar-refractivity contribution in [2.45, 2.75) is 33.0 Å². The number of nitrogens with zero attached hydrogens (tertiary/aromatic N) is 2. The van der Waals surface area contributed by atoms with Crippen LogP contribution in [-0.4, -0.2) is 47.4 Å². The largest absolute Gasteiger partial charge is 0.478 e. The standard InChI is InChI=1S/C30H29F3N2O2/c1-18-13-16-35(17-18)23-11-7-21(8-12-23)24(20-5-9-22(10-6-20)34-14-3-4-15-34)25-26(30(36)37)29(33)28(32)19(2)27(25)31/h5-12,18H,3-4,13-17H2,1-2H3/p+1/i3D2,4D2,13D2,14D2,15D2,16D2,17D2,18D. The second-order valence-electron chi connectivity index (χ2n) is 8.21. The van der Waals surface area contributed by atoms with Crippen molar-refractivity contribution in [1.29, 1.82) is 0 Å². The van der Waals surface area contributed by atoms with Crippen molar-refractivity contribution in [3.8, 4) is 0 Å². The third-order valence-corrected chi connectivity index (χ3v) is 5.87. The number of carboxylic acid groups (broad SMARTS) is 1. The molecule has 2 heterocycles. The van der Waals surface area contributed by atoms with Gasteiger partial charge >= 0.3 is 5.97 Å². The minimum Gasteiger partial charge on any atom is -0.478 e. The normalized spacial score (nSPS) is 36.8. The first kappa shape index (κ1) is 12.8. The molecule has 3 aliphatic rings. The Morgan fingerprint density at radius 2 is 1.68 bits per heavy atom. The first-order valence-corrected chi connectivity index (χ1v) is 11.0. The molecular weight excluding hydrogens is 477 g/mol. The zero-order valence-corrected chi connectivity index (χ0v) is 19.5. The smallest absolute Gasteiger partial charge is 0.339 e. The maximum Gasteiger partial charge on any atom is 0.339 e. The molecule has 2 aromatic carbocycles. The number of rotatable bonds is 4. The lowest BCUT2D eigenvalue weighted by atomic mass is 9.86. The Balaban J connectivity index is 1.79. The van der Waals surface area contributed by atoms with Crippen molar-refractivity contribution in [1.82, 2.24) is 0 Å². The highest BCUT2D eigenvalue weighted by Gasteiger charge is 2.31. The fourth-order valence-corrected chi connectivity index (χ4v) is 4.04. The van der Waals surface area contributed by atoms with Crippen molar-refractivity contribution in [3.05, 3.63) is 93.8 Å². The summed E-state index contributed by atoms with van der Waals surface area (Å²) < 4.78 is 170. The van der Waals surface area contributed by atoms with Gasteiger partial charge < -0.3 is 10.0 Å². The van der Waals surface area contributed by atoms with Crippen LogP contribution in [0.15, 0.2) is 54.1 Å². The van der Waals surface area contributed by atoms with E-state index >= 15 is 8.78 Å². The molecule has 37 heavy (non-hydrogen) atoms. The first-order valence-electron chi connectivity index (χ1n) is 18.5. The zero-order valence-electron chi connectivity index (χ0n) is 34.5. The molecule has 0 radical (unpaired) electrons. The van der Waals surface area contributed by atoms with Crippen LogP contribution in [0.2, 0.25) is 0 Å². The number of aromatic carboxylic acids is 1. The Hall–Kier alpha value is -3.61. The molecule has 0 bridgehead atoms. The van der Waals surface area contributed by atoms with Crippen molar-refractivity contribution >= 4 is 22.9 Å². The highest BCUT2D eigenvalue weighted by atomic mass is 19.2. The van der Waals surface area contributed by atoms with Crippen LogP contribution in [0.25, 0.3) is 5.57 Å². The van der Waals surface area contributed by atoms with Crippen LogP contribution in [0.1, 0.15) is 73.7 Å². The highest BCUT2D eigenvalue weighted by Crippen LogP contribution is 2.38. The Morgan fingerprint density at radius 1 is 1.03 bits per heavy atom. The van der Waals surface area contributed by atoms with E-state index < -0.39 is 102 Å². The number of carbonyl (C=O) groups is 1. The van der Waals surface area contributed by atoms with E-state index in [1.165, 1.54) is 0 Å². The predicted molar refractivity (Wildman–Crippen MR) is 139 cm³/mol. The molecule has 0 amide bonds. The SMILES string of the molecule is [2H]C1([2H])N(c2ccc(C(=C3C=CC(=[N+]4C([2H])([2H])C([2H])([2H])C([2H])([2H])C4([2H])[2H])C=C3)c3c(F)c(C)c(F)c(F)c3C(=O)O)cc2)C([2H])([2H])C([2H])(C)C1([2H])[2H]. The second-order valence-corrected chi connectivity index (χ2v) is 8.21. The Kier molecular flexibility index (Phi) is 3.46. The predicted octanol–water partition coefficient (Wildman–Crippen LogP) is 6.13. The lowest BCUT2D eigenvalue weighted by molar-refractivity contribution is -0.504. The Bertz CT molecular complexity index is 1970. The van der Waals surface area contributed by atoms with E-state index in [0.29, 0.717) is 4.90 Å². The number of benzene rings is 2. The lowest BCUT2D eigenvalue weighted by Crippen LogP contribution is -2.19.